The summed E-state index contributed by atoms with van der Waals surface area (Å²) in [5.41, 5.74) is 0.985. The van der Waals surface area contributed by atoms with Gasteiger partial charge in [-0.3, -0.25) is 0 Å². The summed E-state index contributed by atoms with van der Waals surface area (Å²) in [7, 11) is -0.212. The summed E-state index contributed by atoms with van der Waals surface area (Å²) < 4.78 is 8.37. The van der Waals surface area contributed by atoms with Crippen LogP contribution < -0.4 is 0 Å². The first-order valence-electron chi connectivity index (χ1n) is 4.99. The highest BCUT2D eigenvalue weighted by Gasteiger charge is 2.19. The van der Waals surface area contributed by atoms with Gasteiger partial charge in [-0.05, 0) is 4.92 Å². The summed E-state index contributed by atoms with van der Waals surface area (Å²) in [5, 5.41) is 10.9. The lowest BCUT2D eigenvalue weighted by Gasteiger charge is -1.98. The number of hydrogen-bond acceptors (Lipinski definition) is 3. The van der Waals surface area contributed by atoms with E-state index in [1.54, 1.807) is 24.3 Å². The zero-order chi connectivity index (χ0) is 11.5. The van der Waals surface area contributed by atoms with Crippen molar-refractivity contribution >= 4 is 5.82 Å². The van der Waals surface area contributed by atoms with E-state index in [0.717, 1.165) is 0 Å². The van der Waals surface area contributed by atoms with Crippen LogP contribution in [-0.4, -0.2) is 14.5 Å². The fourth-order valence-electron chi connectivity index (χ4n) is 1.37. The van der Waals surface area contributed by atoms with Crippen LogP contribution in [0.4, 0.5) is 5.82 Å². The van der Waals surface area contributed by atoms with Crippen LogP contribution in [0.1, 0.15) is 1.37 Å². The van der Waals surface area contributed by atoms with Crippen molar-refractivity contribution < 1.29 is 6.29 Å². The molecule has 2 rings (SSSR count). The molecule has 0 spiro atoms. The summed E-state index contributed by atoms with van der Waals surface area (Å²) in [5.74, 6) is -0.138. The van der Waals surface area contributed by atoms with E-state index in [0.29, 0.717) is 11.3 Å². The monoisotopic (exact) mass is 204 g/mol. The highest BCUT2D eigenvalue weighted by Crippen LogP contribution is 2.26. The molecule has 5 heteroatoms. The topological polar surface area (TPSA) is 61.0 Å². The first-order valence-corrected chi connectivity index (χ1v) is 4.28. The number of aromatic nitrogens is 2. The molecule has 0 bridgehead atoms. The van der Waals surface area contributed by atoms with Crippen LogP contribution in [0.25, 0.3) is 11.3 Å². The number of benzene rings is 1. The van der Waals surface area contributed by atoms with Gasteiger partial charge in [0.1, 0.15) is 0 Å². The van der Waals surface area contributed by atoms with Gasteiger partial charge in [-0.15, -0.1) is 0 Å². The van der Waals surface area contributed by atoms with E-state index in [4.69, 9.17) is 1.37 Å². The van der Waals surface area contributed by atoms with Gasteiger partial charge >= 0.3 is 5.82 Å². The molecule has 15 heavy (non-hydrogen) atoms. The highest BCUT2D eigenvalue weighted by molar-refractivity contribution is 5.67. The van der Waals surface area contributed by atoms with Crippen molar-refractivity contribution in [1.82, 2.24) is 9.55 Å². The van der Waals surface area contributed by atoms with Gasteiger partial charge in [0, 0.05) is 5.56 Å². The fraction of sp³-hybridized carbons (Fsp3) is 0.100. The Balaban J connectivity index is 2.58. The van der Waals surface area contributed by atoms with E-state index >= 15 is 0 Å². The molecule has 0 saturated heterocycles. The van der Waals surface area contributed by atoms with Crippen LogP contribution in [0.3, 0.4) is 0 Å². The van der Waals surface area contributed by atoms with Crippen LogP contribution in [0.5, 0.6) is 0 Å². The Bertz CT molecular complexity index is 510. The van der Waals surface area contributed by atoms with E-state index in [2.05, 4.69) is 4.98 Å². The zero-order valence-corrected chi connectivity index (χ0v) is 7.83. The molecule has 2 aromatic rings. The van der Waals surface area contributed by atoms with Crippen LogP contribution >= 0.6 is 0 Å². The second kappa shape index (κ2) is 3.53. The molecular formula is C10H9N3O2. The Morgan fingerprint density at radius 2 is 2.20 bits per heavy atom. The van der Waals surface area contributed by atoms with Crippen molar-refractivity contribution in [3.05, 3.63) is 46.8 Å². The van der Waals surface area contributed by atoms with Crippen molar-refractivity contribution in [3.63, 3.8) is 0 Å². The minimum atomic E-state index is -0.510. The molecule has 0 saturated carbocycles. The Hall–Kier alpha value is -2.17. The average molecular weight is 204 g/mol. The summed E-state index contributed by atoms with van der Waals surface area (Å²) in [6.45, 7) is 0. The summed E-state index contributed by atoms with van der Waals surface area (Å²) in [4.78, 5) is 14.4. The molecule has 0 atom stereocenters. The molecule has 0 fully saturated rings. The van der Waals surface area contributed by atoms with Gasteiger partial charge in [0.2, 0.25) is 0 Å². The number of aryl methyl sites for hydroxylation is 1. The van der Waals surface area contributed by atoms with E-state index < -0.39 is 4.92 Å². The Morgan fingerprint density at radius 3 is 2.80 bits per heavy atom. The lowest BCUT2D eigenvalue weighted by molar-refractivity contribution is -0.391. The van der Waals surface area contributed by atoms with Crippen molar-refractivity contribution in [2.45, 2.75) is 0 Å². The minimum Gasteiger partial charge on any atom is -0.358 e. The van der Waals surface area contributed by atoms with Gasteiger partial charge in [-0.25, -0.2) is 9.55 Å². The number of nitro groups is 1. The predicted molar refractivity (Wildman–Crippen MR) is 55.3 cm³/mol. The number of nitrogens with zero attached hydrogens (tertiary/aromatic N) is 3. The molecule has 1 aromatic carbocycles. The first kappa shape index (κ1) is 8.16. The van der Waals surface area contributed by atoms with Crippen molar-refractivity contribution in [1.29, 1.82) is 0 Å². The van der Waals surface area contributed by atoms with Crippen LogP contribution in [0.15, 0.2) is 36.7 Å². The van der Waals surface area contributed by atoms with Crippen molar-refractivity contribution in [2.75, 3.05) is 0 Å². The molecular weight excluding hydrogens is 194 g/mol. The van der Waals surface area contributed by atoms with Crippen molar-refractivity contribution in [2.24, 2.45) is 7.02 Å². The third kappa shape index (κ3) is 1.59. The van der Waals surface area contributed by atoms with E-state index in [1.807, 2.05) is 6.07 Å². The summed E-state index contributed by atoms with van der Waals surface area (Å²) >= 11 is 0. The van der Waals surface area contributed by atoms with Gasteiger partial charge in [0.15, 0.2) is 12.0 Å². The zero-order valence-electron chi connectivity index (χ0n) is 8.83. The maximum atomic E-state index is 10.9. The molecule has 0 aliphatic heterocycles. The number of rotatable bonds is 2. The van der Waals surface area contributed by atoms with E-state index in [1.165, 1.54) is 10.9 Å². The quantitative estimate of drug-likeness (QED) is 0.555. The smallest absolute Gasteiger partial charge is 0.350 e. The van der Waals surface area contributed by atoms with Gasteiger partial charge in [-0.2, -0.15) is 0 Å². The Morgan fingerprint density at radius 1 is 1.47 bits per heavy atom. The molecule has 0 N–H and O–H groups in total. The van der Waals surface area contributed by atoms with E-state index in [9.17, 15) is 10.1 Å². The standard InChI is InChI=1S/C10H9N3O2/c1-12-7-11-9(10(12)13(14)15)8-5-3-2-4-6-8/h2-7H,1H3/i1D. The first-order chi connectivity index (χ1) is 7.74. The van der Waals surface area contributed by atoms with Crippen LogP contribution in [0, 0.1) is 10.1 Å². The van der Waals surface area contributed by atoms with Gasteiger partial charge in [0.25, 0.3) is 0 Å². The largest absolute Gasteiger partial charge is 0.358 e. The second-order valence-electron chi connectivity index (χ2n) is 3.01. The minimum absolute atomic E-state index is 0.138. The molecule has 0 aliphatic rings. The Kier molecular flexibility index (Phi) is 1.92. The highest BCUT2D eigenvalue weighted by atomic mass is 16.6. The molecule has 76 valence electrons. The second-order valence-corrected chi connectivity index (χ2v) is 3.01. The van der Waals surface area contributed by atoms with E-state index in [-0.39, 0.29) is 12.8 Å². The average Bonchev–Trinajstić information content (AvgIpc) is 2.73. The maximum absolute atomic E-state index is 10.9. The van der Waals surface area contributed by atoms with Crippen LogP contribution in [0.2, 0.25) is 0 Å². The summed E-state index contributed by atoms with van der Waals surface area (Å²) in [6.07, 6.45) is 1.31. The molecule has 5 nitrogen and oxygen atoms in total. The fourth-order valence-corrected chi connectivity index (χ4v) is 1.37. The third-order valence-corrected chi connectivity index (χ3v) is 2.03. The lowest BCUT2D eigenvalue weighted by atomic mass is 10.1. The number of imidazole rings is 1. The molecule has 0 aliphatic carbocycles. The molecule has 1 aromatic heterocycles. The molecule has 0 amide bonds. The number of hydrogen-bond donors (Lipinski definition) is 0. The van der Waals surface area contributed by atoms with Gasteiger partial charge < -0.3 is 10.1 Å². The van der Waals surface area contributed by atoms with Gasteiger partial charge in [-0.1, -0.05) is 30.3 Å². The summed E-state index contributed by atoms with van der Waals surface area (Å²) in [6, 6.07) is 8.92. The van der Waals surface area contributed by atoms with Crippen LogP contribution in [-0.2, 0) is 7.02 Å². The van der Waals surface area contributed by atoms with Gasteiger partial charge in [0.05, 0.1) is 8.39 Å². The molecule has 1 heterocycles. The predicted octanol–water partition coefficient (Wildman–Crippen LogP) is 2.00. The lowest BCUT2D eigenvalue weighted by Crippen LogP contribution is -1.97. The third-order valence-electron chi connectivity index (χ3n) is 2.03. The maximum Gasteiger partial charge on any atom is 0.350 e. The Labute approximate surface area is 87.6 Å². The molecule has 0 radical (unpaired) electrons. The molecule has 0 unspecified atom stereocenters. The normalized spacial score (nSPS) is 11.1. The van der Waals surface area contributed by atoms with Crippen molar-refractivity contribution in [3.8, 4) is 11.3 Å². The SMILES string of the molecule is [2H]Cn1cnc(-c2ccccc2)c1[N+](=O)[O-].